The van der Waals surface area contributed by atoms with Crippen LogP contribution >= 0.6 is 0 Å². The maximum atomic E-state index is 9.29. The molecule has 0 atom stereocenters. The Morgan fingerprint density at radius 1 is 1.36 bits per heavy atom. The minimum atomic E-state index is -0.0697. The molecule has 0 aliphatic rings. The van der Waals surface area contributed by atoms with Crippen LogP contribution in [0.1, 0.15) is 12.5 Å². The van der Waals surface area contributed by atoms with Gasteiger partial charge in [0.1, 0.15) is 17.2 Å². The Labute approximate surface area is 65.1 Å². The molecule has 60 valence electrons. The molecule has 3 nitrogen and oxygen atoms in total. The molecule has 0 aromatic heterocycles. The molecule has 0 spiro atoms. The summed E-state index contributed by atoms with van der Waals surface area (Å²) in [6, 6.07) is 3.13. The summed E-state index contributed by atoms with van der Waals surface area (Å²) in [5.74, 6) is -0.0767. The average Bonchev–Trinajstić information content (AvgIpc) is 2.01. The van der Waals surface area contributed by atoms with E-state index in [4.69, 9.17) is 10.8 Å². The first-order chi connectivity index (χ1) is 5.16. The van der Waals surface area contributed by atoms with E-state index in [1.807, 2.05) is 6.92 Å². The van der Waals surface area contributed by atoms with Crippen LogP contribution in [0.5, 0.6) is 11.5 Å². The summed E-state index contributed by atoms with van der Waals surface area (Å²) < 4.78 is 0. The van der Waals surface area contributed by atoms with Gasteiger partial charge in [-0.1, -0.05) is 13.0 Å². The molecule has 0 saturated heterocycles. The highest BCUT2D eigenvalue weighted by atomic mass is 16.3. The van der Waals surface area contributed by atoms with E-state index in [0.717, 1.165) is 5.56 Å². The van der Waals surface area contributed by atoms with Crippen LogP contribution in [0.15, 0.2) is 12.1 Å². The molecule has 0 amide bonds. The number of phenolic OH excluding ortho intramolecular Hbond substituents is 2. The van der Waals surface area contributed by atoms with E-state index >= 15 is 0 Å². The van der Waals surface area contributed by atoms with Gasteiger partial charge in [0.05, 0.1) is 0 Å². The molecule has 0 heterocycles. The van der Waals surface area contributed by atoms with Gasteiger partial charge >= 0.3 is 0 Å². The van der Waals surface area contributed by atoms with Crippen LogP contribution in [0.3, 0.4) is 0 Å². The highest BCUT2D eigenvalue weighted by molar-refractivity contribution is 5.64. The molecule has 3 heteroatoms. The van der Waals surface area contributed by atoms with Crippen LogP contribution in [0.25, 0.3) is 0 Å². The van der Waals surface area contributed by atoms with Crippen molar-refractivity contribution in [2.45, 2.75) is 13.3 Å². The molecule has 0 bridgehead atoms. The summed E-state index contributed by atoms with van der Waals surface area (Å²) in [5, 5.41) is 18.3. The number of anilines is 1. The van der Waals surface area contributed by atoms with E-state index in [2.05, 4.69) is 0 Å². The number of aryl methyl sites for hydroxylation is 1. The molecule has 1 rings (SSSR count). The highest BCUT2D eigenvalue weighted by Crippen LogP contribution is 2.32. The quantitative estimate of drug-likeness (QED) is 0.420. The zero-order valence-electron chi connectivity index (χ0n) is 6.33. The van der Waals surface area contributed by atoms with Gasteiger partial charge in [-0.3, -0.25) is 0 Å². The number of benzene rings is 1. The predicted molar refractivity (Wildman–Crippen MR) is 43.6 cm³/mol. The minimum Gasteiger partial charge on any atom is -0.506 e. The van der Waals surface area contributed by atoms with Crippen molar-refractivity contribution in [1.29, 1.82) is 0 Å². The van der Waals surface area contributed by atoms with Gasteiger partial charge in [-0.05, 0) is 18.1 Å². The Kier molecular flexibility index (Phi) is 1.89. The molecule has 0 saturated carbocycles. The van der Waals surface area contributed by atoms with Gasteiger partial charge in [0.15, 0.2) is 0 Å². The Balaban J connectivity index is 3.25. The van der Waals surface area contributed by atoms with Crippen molar-refractivity contribution in [3.63, 3.8) is 0 Å². The fourth-order valence-electron chi connectivity index (χ4n) is 0.928. The van der Waals surface area contributed by atoms with Crippen LogP contribution in [0.4, 0.5) is 5.69 Å². The van der Waals surface area contributed by atoms with Gasteiger partial charge in [0, 0.05) is 0 Å². The van der Waals surface area contributed by atoms with Crippen LogP contribution in [0.2, 0.25) is 0 Å². The Morgan fingerprint density at radius 3 is 2.55 bits per heavy atom. The molecule has 4 N–H and O–H groups in total. The lowest BCUT2D eigenvalue weighted by Gasteiger charge is -2.05. The molecular formula is C8H11NO2. The topological polar surface area (TPSA) is 66.5 Å². The smallest absolute Gasteiger partial charge is 0.145 e. The highest BCUT2D eigenvalue weighted by Gasteiger charge is 2.06. The Hall–Kier alpha value is -1.38. The van der Waals surface area contributed by atoms with Crippen molar-refractivity contribution < 1.29 is 10.2 Å². The molecule has 0 aliphatic heterocycles. The summed E-state index contributed by atoms with van der Waals surface area (Å²) >= 11 is 0. The van der Waals surface area contributed by atoms with Crippen LogP contribution in [-0.4, -0.2) is 10.2 Å². The number of rotatable bonds is 1. The summed E-state index contributed by atoms with van der Waals surface area (Å²) in [7, 11) is 0. The number of hydrogen-bond donors (Lipinski definition) is 3. The number of nitrogens with two attached hydrogens (primary N) is 1. The first-order valence-corrected chi connectivity index (χ1v) is 3.46. The Bertz CT molecular complexity index is 271. The maximum Gasteiger partial charge on any atom is 0.145 e. The normalized spacial score (nSPS) is 9.91. The van der Waals surface area contributed by atoms with Gasteiger partial charge < -0.3 is 15.9 Å². The van der Waals surface area contributed by atoms with E-state index in [1.165, 1.54) is 6.07 Å². The molecule has 0 unspecified atom stereocenters. The van der Waals surface area contributed by atoms with Gasteiger partial charge in [-0.15, -0.1) is 0 Å². The number of nitrogen functional groups attached to an aromatic ring is 1. The monoisotopic (exact) mass is 153 g/mol. The summed E-state index contributed by atoms with van der Waals surface area (Å²) in [6.07, 6.45) is 0.705. The molecule has 0 fully saturated rings. The molecule has 11 heavy (non-hydrogen) atoms. The lowest BCUT2D eigenvalue weighted by molar-refractivity contribution is 0.451. The summed E-state index contributed by atoms with van der Waals surface area (Å²) in [4.78, 5) is 0. The zero-order chi connectivity index (χ0) is 8.43. The molecule has 1 aromatic carbocycles. The van der Waals surface area contributed by atoms with Crippen LogP contribution < -0.4 is 5.73 Å². The molecule has 0 aliphatic carbocycles. The fraction of sp³-hybridized carbons (Fsp3) is 0.250. The second-order valence-electron chi connectivity index (χ2n) is 2.36. The zero-order valence-corrected chi connectivity index (χ0v) is 6.33. The fourth-order valence-corrected chi connectivity index (χ4v) is 0.928. The van der Waals surface area contributed by atoms with Crippen LogP contribution in [-0.2, 0) is 6.42 Å². The largest absolute Gasteiger partial charge is 0.506 e. The third-order valence-corrected chi connectivity index (χ3v) is 1.66. The van der Waals surface area contributed by atoms with Crippen molar-refractivity contribution in [3.8, 4) is 11.5 Å². The van der Waals surface area contributed by atoms with E-state index in [0.29, 0.717) is 6.42 Å². The van der Waals surface area contributed by atoms with E-state index in [9.17, 15) is 5.11 Å². The first-order valence-electron chi connectivity index (χ1n) is 3.46. The van der Waals surface area contributed by atoms with Crippen molar-refractivity contribution in [2.24, 2.45) is 0 Å². The van der Waals surface area contributed by atoms with Crippen LogP contribution in [0, 0.1) is 0 Å². The van der Waals surface area contributed by atoms with E-state index < -0.39 is 0 Å². The van der Waals surface area contributed by atoms with Crippen molar-refractivity contribution in [2.75, 3.05) is 5.73 Å². The van der Waals surface area contributed by atoms with Crippen molar-refractivity contribution >= 4 is 5.69 Å². The molecule has 0 radical (unpaired) electrons. The molecule has 1 aromatic rings. The maximum absolute atomic E-state index is 9.29. The standard InChI is InChI=1S/C8H11NO2/c1-2-5-3-4-6(10)7(9)8(5)11/h3-4,10-11H,2,9H2,1H3. The average molecular weight is 153 g/mol. The second-order valence-corrected chi connectivity index (χ2v) is 2.36. The van der Waals surface area contributed by atoms with Gasteiger partial charge in [-0.25, -0.2) is 0 Å². The molecular weight excluding hydrogens is 142 g/mol. The lowest BCUT2D eigenvalue weighted by Crippen LogP contribution is -1.90. The number of aromatic hydroxyl groups is 2. The van der Waals surface area contributed by atoms with Crippen molar-refractivity contribution in [1.82, 2.24) is 0 Å². The first kappa shape index (κ1) is 7.72. The number of hydrogen-bond acceptors (Lipinski definition) is 3. The van der Waals surface area contributed by atoms with E-state index in [1.54, 1.807) is 6.07 Å². The SMILES string of the molecule is CCc1ccc(O)c(N)c1O. The van der Waals surface area contributed by atoms with Gasteiger partial charge in [0.2, 0.25) is 0 Å². The number of phenols is 2. The predicted octanol–water partition coefficient (Wildman–Crippen LogP) is 1.24. The van der Waals surface area contributed by atoms with E-state index in [-0.39, 0.29) is 17.2 Å². The summed E-state index contributed by atoms with van der Waals surface area (Å²) in [6.45, 7) is 1.91. The second kappa shape index (κ2) is 2.70. The third kappa shape index (κ3) is 1.22. The third-order valence-electron chi connectivity index (χ3n) is 1.66. The summed E-state index contributed by atoms with van der Waals surface area (Å²) in [5.41, 5.74) is 6.17. The van der Waals surface area contributed by atoms with Gasteiger partial charge in [-0.2, -0.15) is 0 Å². The van der Waals surface area contributed by atoms with Gasteiger partial charge in [0.25, 0.3) is 0 Å². The lowest BCUT2D eigenvalue weighted by atomic mass is 10.1. The Morgan fingerprint density at radius 2 is 2.00 bits per heavy atom. The minimum absolute atomic E-state index is 0.00694. The van der Waals surface area contributed by atoms with Crippen molar-refractivity contribution in [3.05, 3.63) is 17.7 Å².